The number of aromatic nitrogens is 2. The van der Waals surface area contributed by atoms with E-state index in [1.54, 1.807) is 6.20 Å². The summed E-state index contributed by atoms with van der Waals surface area (Å²) in [5, 5.41) is 3.60. The molecule has 0 aliphatic rings. The number of hydrogen-bond donors (Lipinski definition) is 2. The lowest BCUT2D eigenvalue weighted by Crippen LogP contribution is -2.25. The summed E-state index contributed by atoms with van der Waals surface area (Å²) in [6, 6.07) is 9.03. The van der Waals surface area contributed by atoms with Gasteiger partial charge in [0.15, 0.2) is 0 Å². The van der Waals surface area contributed by atoms with Gasteiger partial charge >= 0.3 is 0 Å². The number of aromatic amines is 1. The monoisotopic (exact) mass is 307 g/mol. The Hall–Kier alpha value is -1.13. The number of imidazole rings is 1. The van der Waals surface area contributed by atoms with Crippen molar-refractivity contribution in [2.24, 2.45) is 0 Å². The highest BCUT2D eigenvalue weighted by Gasteiger charge is 2.14. The van der Waals surface area contributed by atoms with E-state index >= 15 is 0 Å². The molecule has 2 rings (SSSR count). The van der Waals surface area contributed by atoms with Crippen molar-refractivity contribution < 1.29 is 0 Å². The average molecular weight is 308 g/mol. The largest absolute Gasteiger partial charge is 0.347 e. The van der Waals surface area contributed by atoms with Crippen molar-refractivity contribution in [1.29, 1.82) is 0 Å². The van der Waals surface area contributed by atoms with Gasteiger partial charge in [0, 0.05) is 22.9 Å². The van der Waals surface area contributed by atoms with Gasteiger partial charge in [-0.25, -0.2) is 4.98 Å². The van der Waals surface area contributed by atoms with Crippen LogP contribution in [0.4, 0.5) is 0 Å². The van der Waals surface area contributed by atoms with Crippen LogP contribution in [0.2, 0.25) is 0 Å². The Balaban J connectivity index is 2.07. The Morgan fingerprint density at radius 2 is 2.06 bits per heavy atom. The van der Waals surface area contributed by atoms with Gasteiger partial charge in [0.05, 0.1) is 6.04 Å². The van der Waals surface area contributed by atoms with Crippen molar-refractivity contribution in [3.05, 3.63) is 52.5 Å². The lowest BCUT2D eigenvalue weighted by molar-refractivity contribution is 0.444. The third-order valence-electron chi connectivity index (χ3n) is 3.06. The first kappa shape index (κ1) is 13.3. The van der Waals surface area contributed by atoms with Crippen LogP contribution in [0.15, 0.2) is 41.1 Å². The van der Waals surface area contributed by atoms with E-state index in [1.165, 1.54) is 5.56 Å². The first-order valence-electron chi connectivity index (χ1n) is 6.21. The van der Waals surface area contributed by atoms with Gasteiger partial charge in [-0.2, -0.15) is 0 Å². The predicted molar refractivity (Wildman–Crippen MR) is 77.3 cm³/mol. The molecule has 0 aliphatic carbocycles. The van der Waals surface area contributed by atoms with Gasteiger partial charge in [-0.15, -0.1) is 0 Å². The highest BCUT2D eigenvalue weighted by atomic mass is 79.9. The molecule has 96 valence electrons. The zero-order valence-corrected chi connectivity index (χ0v) is 12.2. The fraction of sp³-hybridized carbons (Fsp3) is 0.357. The minimum Gasteiger partial charge on any atom is -0.347 e. The molecule has 0 saturated heterocycles. The minimum atomic E-state index is 0.216. The van der Waals surface area contributed by atoms with Gasteiger partial charge in [0.1, 0.15) is 5.82 Å². The molecule has 0 radical (unpaired) electrons. The molecule has 0 fully saturated rings. The van der Waals surface area contributed by atoms with Crippen LogP contribution in [0, 0.1) is 0 Å². The van der Waals surface area contributed by atoms with Crippen molar-refractivity contribution in [3.8, 4) is 0 Å². The van der Waals surface area contributed by atoms with Gasteiger partial charge in [-0.1, -0.05) is 35.0 Å². The van der Waals surface area contributed by atoms with E-state index in [-0.39, 0.29) is 6.04 Å². The Morgan fingerprint density at radius 3 is 2.61 bits per heavy atom. The summed E-state index contributed by atoms with van der Waals surface area (Å²) >= 11 is 3.46. The topological polar surface area (TPSA) is 40.7 Å². The lowest BCUT2D eigenvalue weighted by atomic mass is 10.0. The first-order chi connectivity index (χ1) is 8.70. The predicted octanol–water partition coefficient (Wildman–Crippen LogP) is 3.97. The van der Waals surface area contributed by atoms with Gasteiger partial charge in [0.25, 0.3) is 0 Å². The summed E-state index contributed by atoms with van der Waals surface area (Å²) in [5.41, 5.74) is 1.30. The van der Waals surface area contributed by atoms with Gasteiger partial charge in [0.2, 0.25) is 0 Å². The molecule has 0 amide bonds. The maximum Gasteiger partial charge on any atom is 0.122 e. The maximum absolute atomic E-state index is 4.29. The number of nitrogens with one attached hydrogen (secondary N) is 2. The third kappa shape index (κ3) is 3.21. The van der Waals surface area contributed by atoms with E-state index in [1.807, 2.05) is 6.20 Å². The van der Waals surface area contributed by atoms with E-state index in [2.05, 4.69) is 69.3 Å². The van der Waals surface area contributed by atoms with E-state index in [0.717, 1.165) is 16.7 Å². The molecule has 18 heavy (non-hydrogen) atoms. The normalized spacial score (nSPS) is 14.4. The molecule has 4 heteroatoms. The number of hydrogen-bond acceptors (Lipinski definition) is 2. The molecule has 1 aromatic heterocycles. The van der Waals surface area contributed by atoms with Crippen molar-refractivity contribution in [3.63, 3.8) is 0 Å². The number of benzene rings is 1. The van der Waals surface area contributed by atoms with Gasteiger partial charge < -0.3 is 10.3 Å². The fourth-order valence-corrected chi connectivity index (χ4v) is 2.30. The minimum absolute atomic E-state index is 0.216. The van der Waals surface area contributed by atoms with Crippen LogP contribution in [0.3, 0.4) is 0 Å². The molecule has 2 unspecified atom stereocenters. The number of H-pyrrole nitrogens is 1. The molecule has 0 aliphatic heterocycles. The average Bonchev–Trinajstić information content (AvgIpc) is 2.91. The van der Waals surface area contributed by atoms with Crippen LogP contribution in [-0.2, 0) is 0 Å². The van der Waals surface area contributed by atoms with Crippen LogP contribution in [0.5, 0.6) is 0 Å². The summed E-state index contributed by atoms with van der Waals surface area (Å²) in [5.74, 6) is 0.977. The van der Waals surface area contributed by atoms with Crippen LogP contribution >= 0.6 is 15.9 Å². The Labute approximate surface area is 116 Å². The number of nitrogens with zero attached hydrogens (tertiary/aromatic N) is 1. The standard InChI is InChI=1S/C14H18BrN3/c1-3-13(11-4-6-12(15)7-5-11)18-10(2)14-16-8-9-17-14/h4-10,13,18H,3H2,1-2H3,(H,16,17). The molecule has 1 heterocycles. The molecule has 3 nitrogen and oxygen atoms in total. The third-order valence-corrected chi connectivity index (χ3v) is 3.59. The SMILES string of the molecule is CCC(NC(C)c1ncc[nH]1)c1ccc(Br)cc1. The van der Waals surface area contributed by atoms with Gasteiger partial charge in [-0.3, -0.25) is 0 Å². The Bertz CT molecular complexity index is 464. The summed E-state index contributed by atoms with van der Waals surface area (Å²) in [6.07, 6.45) is 4.69. The van der Waals surface area contributed by atoms with Crippen molar-refractivity contribution >= 4 is 15.9 Å². The van der Waals surface area contributed by atoms with Crippen LogP contribution in [0.25, 0.3) is 0 Å². The second-order valence-electron chi connectivity index (χ2n) is 4.38. The molecule has 2 atom stereocenters. The quantitative estimate of drug-likeness (QED) is 0.877. The zero-order chi connectivity index (χ0) is 13.0. The number of rotatable bonds is 5. The van der Waals surface area contributed by atoms with E-state index in [9.17, 15) is 0 Å². The molecular weight excluding hydrogens is 290 g/mol. The van der Waals surface area contributed by atoms with E-state index in [0.29, 0.717) is 6.04 Å². The van der Waals surface area contributed by atoms with Gasteiger partial charge in [-0.05, 0) is 31.0 Å². The summed E-state index contributed by atoms with van der Waals surface area (Å²) in [7, 11) is 0. The molecule has 0 spiro atoms. The van der Waals surface area contributed by atoms with Crippen molar-refractivity contribution in [2.45, 2.75) is 32.4 Å². The smallest absolute Gasteiger partial charge is 0.122 e. The Kier molecular flexibility index (Phi) is 4.55. The zero-order valence-electron chi connectivity index (χ0n) is 10.7. The maximum atomic E-state index is 4.29. The van der Waals surface area contributed by atoms with Crippen molar-refractivity contribution in [2.75, 3.05) is 0 Å². The van der Waals surface area contributed by atoms with Crippen LogP contribution < -0.4 is 5.32 Å². The summed E-state index contributed by atoms with van der Waals surface area (Å²) in [6.45, 7) is 4.31. The van der Waals surface area contributed by atoms with Crippen LogP contribution in [0.1, 0.15) is 43.7 Å². The Morgan fingerprint density at radius 1 is 1.33 bits per heavy atom. The fourth-order valence-electron chi connectivity index (χ4n) is 2.04. The highest BCUT2D eigenvalue weighted by Crippen LogP contribution is 2.22. The molecule has 0 bridgehead atoms. The second kappa shape index (κ2) is 6.16. The molecular formula is C14H18BrN3. The second-order valence-corrected chi connectivity index (χ2v) is 5.29. The first-order valence-corrected chi connectivity index (χ1v) is 7.00. The summed E-state index contributed by atoms with van der Waals surface area (Å²) < 4.78 is 1.11. The molecule has 1 aromatic carbocycles. The van der Waals surface area contributed by atoms with Crippen LogP contribution in [-0.4, -0.2) is 9.97 Å². The lowest BCUT2D eigenvalue weighted by Gasteiger charge is -2.21. The van der Waals surface area contributed by atoms with Crippen molar-refractivity contribution in [1.82, 2.24) is 15.3 Å². The summed E-state index contributed by atoms with van der Waals surface area (Å²) in [4.78, 5) is 7.43. The van der Waals surface area contributed by atoms with E-state index in [4.69, 9.17) is 0 Å². The van der Waals surface area contributed by atoms with E-state index < -0.39 is 0 Å². The molecule has 2 aromatic rings. The molecule has 2 N–H and O–H groups in total. The highest BCUT2D eigenvalue weighted by molar-refractivity contribution is 9.10. The number of halogens is 1. The molecule has 0 saturated carbocycles.